The zero-order chi connectivity index (χ0) is 19.4. The Labute approximate surface area is 159 Å². The molecule has 2 aromatic carbocycles. The number of aliphatic hydroxyl groups is 2. The van der Waals surface area contributed by atoms with E-state index in [9.17, 15) is 15.2 Å². The number of carbonyl (C=O) groups is 1. The van der Waals surface area contributed by atoms with Crippen LogP contribution in [0.4, 0.5) is 5.69 Å². The second-order valence-electron chi connectivity index (χ2n) is 6.97. The van der Waals surface area contributed by atoms with Gasteiger partial charge in [0.25, 0.3) is 0 Å². The molecule has 0 aromatic heterocycles. The van der Waals surface area contributed by atoms with Gasteiger partial charge in [-0.3, -0.25) is 4.79 Å². The van der Waals surface area contributed by atoms with Gasteiger partial charge in [-0.25, -0.2) is 0 Å². The quantitative estimate of drug-likeness (QED) is 0.427. The number of hydrogen-bond donors (Lipinski definition) is 2. The van der Waals surface area contributed by atoms with Crippen LogP contribution in [0.3, 0.4) is 0 Å². The van der Waals surface area contributed by atoms with E-state index in [1.54, 1.807) is 6.08 Å². The maximum Gasteiger partial charge on any atom is 0.173 e. The Balaban J connectivity index is 1.77. The molecular formula is C22H24N2O3. The summed E-state index contributed by atoms with van der Waals surface area (Å²) in [6, 6.07) is 14.8. The number of benzene rings is 2. The number of allylic oxidation sites excluding steroid dienone is 1. The third kappa shape index (κ3) is 4.54. The van der Waals surface area contributed by atoms with Gasteiger partial charge in [0.2, 0.25) is 0 Å². The molecule has 1 saturated heterocycles. The largest absolute Gasteiger partial charge is 0.394 e. The smallest absolute Gasteiger partial charge is 0.173 e. The summed E-state index contributed by atoms with van der Waals surface area (Å²) in [5.74, 6) is -0.326. The molecule has 2 N–H and O–H groups in total. The van der Waals surface area contributed by atoms with Gasteiger partial charge in [-0.2, -0.15) is 5.26 Å². The van der Waals surface area contributed by atoms with Crippen LogP contribution < -0.4 is 4.90 Å². The molecule has 27 heavy (non-hydrogen) atoms. The first-order valence-electron chi connectivity index (χ1n) is 9.30. The Morgan fingerprint density at radius 2 is 2.07 bits per heavy atom. The highest BCUT2D eigenvalue weighted by Crippen LogP contribution is 2.32. The van der Waals surface area contributed by atoms with Crippen LogP contribution in [0.2, 0.25) is 0 Å². The lowest BCUT2D eigenvalue weighted by atomic mass is 10.0. The van der Waals surface area contributed by atoms with Crippen LogP contribution in [0.25, 0.3) is 16.8 Å². The number of aliphatic hydroxyl groups excluding tert-OH is 2. The van der Waals surface area contributed by atoms with Gasteiger partial charge in [-0.15, -0.1) is 0 Å². The first kappa shape index (κ1) is 19.1. The first-order valence-corrected chi connectivity index (χ1v) is 9.30. The van der Waals surface area contributed by atoms with Crippen molar-refractivity contribution < 1.29 is 15.0 Å². The molecule has 3 rings (SSSR count). The van der Waals surface area contributed by atoms with Crippen LogP contribution >= 0.6 is 0 Å². The highest BCUT2D eigenvalue weighted by atomic mass is 16.3. The van der Waals surface area contributed by atoms with Crippen LogP contribution in [0.5, 0.6) is 0 Å². The lowest BCUT2D eigenvalue weighted by molar-refractivity contribution is -0.115. The van der Waals surface area contributed by atoms with Gasteiger partial charge in [0.1, 0.15) is 6.07 Å². The molecule has 5 nitrogen and oxygen atoms in total. The van der Waals surface area contributed by atoms with E-state index in [1.807, 2.05) is 24.3 Å². The second-order valence-corrected chi connectivity index (χ2v) is 6.97. The Morgan fingerprint density at radius 3 is 2.74 bits per heavy atom. The molecule has 2 aromatic rings. The molecule has 0 aliphatic carbocycles. The lowest BCUT2D eigenvalue weighted by Crippen LogP contribution is -2.14. The monoisotopic (exact) mass is 364 g/mol. The third-order valence-electron chi connectivity index (χ3n) is 5.01. The molecule has 1 fully saturated rings. The van der Waals surface area contributed by atoms with Crippen LogP contribution in [-0.2, 0) is 4.79 Å². The minimum atomic E-state index is -0.932. The SMILES string of the molecule is CCC1CN1c1ccc2cc(/C=C(\C#N)C(=O)CCC(O)CO)ccc2c1. The molecule has 0 spiro atoms. The fourth-order valence-electron chi connectivity index (χ4n) is 3.23. The lowest BCUT2D eigenvalue weighted by Gasteiger charge is -2.08. The summed E-state index contributed by atoms with van der Waals surface area (Å²) in [5.41, 5.74) is 2.08. The van der Waals surface area contributed by atoms with Gasteiger partial charge in [0, 0.05) is 24.7 Å². The van der Waals surface area contributed by atoms with Gasteiger partial charge < -0.3 is 15.1 Å². The van der Waals surface area contributed by atoms with Crippen molar-refractivity contribution in [3.8, 4) is 6.07 Å². The number of fused-ring (bicyclic) bond motifs is 1. The summed E-state index contributed by atoms with van der Waals surface area (Å²) < 4.78 is 0. The van der Waals surface area contributed by atoms with Crippen molar-refractivity contribution in [1.82, 2.24) is 0 Å². The minimum Gasteiger partial charge on any atom is -0.394 e. The third-order valence-corrected chi connectivity index (χ3v) is 5.01. The molecule has 0 bridgehead atoms. The summed E-state index contributed by atoms with van der Waals surface area (Å²) in [7, 11) is 0. The zero-order valence-electron chi connectivity index (χ0n) is 15.4. The van der Waals surface area contributed by atoms with Crippen LogP contribution in [0.15, 0.2) is 42.0 Å². The molecule has 1 aliphatic rings. The number of carbonyl (C=O) groups excluding carboxylic acids is 1. The van der Waals surface area contributed by atoms with Gasteiger partial charge >= 0.3 is 0 Å². The minimum absolute atomic E-state index is 0.0342. The molecule has 0 radical (unpaired) electrons. The van der Waals surface area contributed by atoms with Crippen molar-refractivity contribution in [2.45, 2.75) is 38.3 Å². The number of Topliss-reactive ketones (excluding diaryl/α,β-unsaturated/α-hetero) is 1. The average molecular weight is 364 g/mol. The fraction of sp³-hybridized carbons (Fsp3) is 0.364. The van der Waals surface area contributed by atoms with Gasteiger partial charge in [0.15, 0.2) is 5.78 Å². The molecule has 2 unspecified atom stereocenters. The van der Waals surface area contributed by atoms with Crippen molar-refractivity contribution >= 4 is 28.3 Å². The maximum atomic E-state index is 12.2. The predicted molar refractivity (Wildman–Crippen MR) is 106 cm³/mol. The van der Waals surface area contributed by atoms with E-state index in [1.165, 1.54) is 5.69 Å². The number of nitrogens with zero attached hydrogens (tertiary/aromatic N) is 2. The Bertz CT molecular complexity index is 913. The molecule has 2 atom stereocenters. The van der Waals surface area contributed by atoms with E-state index in [0.29, 0.717) is 6.04 Å². The van der Waals surface area contributed by atoms with Crippen molar-refractivity contribution in [3.05, 3.63) is 47.5 Å². The number of ketones is 1. The maximum absolute atomic E-state index is 12.2. The van der Waals surface area contributed by atoms with Gasteiger partial charge in [-0.05, 0) is 53.5 Å². The van der Waals surface area contributed by atoms with E-state index in [-0.39, 0.29) is 30.8 Å². The highest BCUT2D eigenvalue weighted by molar-refractivity contribution is 6.03. The van der Waals surface area contributed by atoms with E-state index in [2.05, 4.69) is 30.0 Å². The fourth-order valence-corrected chi connectivity index (χ4v) is 3.23. The molecule has 1 aliphatic heterocycles. The molecule has 0 saturated carbocycles. The Morgan fingerprint density at radius 1 is 1.33 bits per heavy atom. The average Bonchev–Trinajstić information content (AvgIpc) is 3.49. The number of nitriles is 1. The van der Waals surface area contributed by atoms with Crippen molar-refractivity contribution in [3.63, 3.8) is 0 Å². The summed E-state index contributed by atoms with van der Waals surface area (Å²) in [4.78, 5) is 14.5. The number of rotatable bonds is 8. The van der Waals surface area contributed by atoms with E-state index in [0.717, 1.165) is 29.3 Å². The topological polar surface area (TPSA) is 84.3 Å². The van der Waals surface area contributed by atoms with Crippen LogP contribution in [0, 0.1) is 11.3 Å². The highest BCUT2D eigenvalue weighted by Gasteiger charge is 2.31. The van der Waals surface area contributed by atoms with Crippen molar-refractivity contribution in [2.24, 2.45) is 0 Å². The van der Waals surface area contributed by atoms with Gasteiger partial charge in [0.05, 0.1) is 18.3 Å². The molecule has 0 amide bonds. The first-order chi connectivity index (χ1) is 13.0. The summed E-state index contributed by atoms with van der Waals surface area (Å²) >= 11 is 0. The van der Waals surface area contributed by atoms with Gasteiger partial charge in [-0.1, -0.05) is 25.1 Å². The molecule has 5 heteroatoms. The summed E-state index contributed by atoms with van der Waals surface area (Å²) in [6.45, 7) is 2.92. The predicted octanol–water partition coefficient (Wildman–Crippen LogP) is 3.05. The Kier molecular flexibility index (Phi) is 5.90. The zero-order valence-corrected chi connectivity index (χ0v) is 15.4. The van der Waals surface area contributed by atoms with Crippen molar-refractivity contribution in [2.75, 3.05) is 18.1 Å². The molecule has 1 heterocycles. The summed E-state index contributed by atoms with van der Waals surface area (Å²) in [5, 5.41) is 29.7. The summed E-state index contributed by atoms with van der Waals surface area (Å²) in [6.07, 6.45) is 1.98. The molecular weight excluding hydrogens is 340 g/mol. The van der Waals surface area contributed by atoms with Crippen LogP contribution in [0.1, 0.15) is 31.7 Å². The normalized spacial score (nSPS) is 17.6. The standard InChI is InChI=1S/C22H24N2O3/c1-2-19-13-24(19)20-6-5-16-9-15(3-4-17(16)11-20)10-18(12-23)22(27)8-7-21(26)14-25/h3-6,9-11,19,21,25-26H,2,7-8,13-14H2,1H3/b18-10+. The number of hydrogen-bond acceptors (Lipinski definition) is 5. The molecule has 140 valence electrons. The Hall–Kier alpha value is -2.68. The van der Waals surface area contributed by atoms with Crippen LogP contribution in [-0.4, -0.2) is 41.3 Å². The van der Waals surface area contributed by atoms with Crippen molar-refractivity contribution in [1.29, 1.82) is 5.26 Å². The van der Waals surface area contributed by atoms with E-state index >= 15 is 0 Å². The number of anilines is 1. The van der Waals surface area contributed by atoms with E-state index < -0.39 is 6.10 Å². The van der Waals surface area contributed by atoms with E-state index in [4.69, 9.17) is 5.11 Å². The second kappa shape index (κ2) is 8.34.